The van der Waals surface area contributed by atoms with E-state index in [9.17, 15) is 0 Å². The van der Waals surface area contributed by atoms with Gasteiger partial charge < -0.3 is 19.7 Å². The molecule has 4 heteroatoms. The van der Waals surface area contributed by atoms with Crippen molar-refractivity contribution in [2.45, 2.75) is 6.54 Å². The van der Waals surface area contributed by atoms with Crippen molar-refractivity contribution in [2.75, 3.05) is 47.5 Å². The van der Waals surface area contributed by atoms with Gasteiger partial charge >= 0.3 is 0 Å². The zero-order valence-corrected chi connectivity index (χ0v) is 11.6. The number of hydrogen-bond acceptors (Lipinski definition) is 4. The number of nitrogens with zero attached hydrogens (tertiary/aromatic N) is 1. The Kier molecular flexibility index (Phi) is 7.41. The summed E-state index contributed by atoms with van der Waals surface area (Å²) < 4.78 is 11.2. The number of likely N-dealkylation sites (N-methyl/N-ethyl adjacent to an activating group) is 1. The fourth-order valence-electron chi connectivity index (χ4n) is 1.54. The van der Waals surface area contributed by atoms with Crippen LogP contribution in [0.2, 0.25) is 0 Å². The molecule has 0 heterocycles. The molecule has 0 bridgehead atoms. The van der Waals surface area contributed by atoms with Crippen molar-refractivity contribution in [2.24, 2.45) is 0 Å². The quantitative estimate of drug-likeness (QED) is 0.673. The summed E-state index contributed by atoms with van der Waals surface area (Å²) in [6.45, 7) is 3.72. The third-order valence-corrected chi connectivity index (χ3v) is 2.51. The molecule has 1 N–H and O–H groups in total. The highest BCUT2D eigenvalue weighted by Crippen LogP contribution is 2.17. The molecule has 1 aromatic rings. The van der Waals surface area contributed by atoms with Gasteiger partial charge in [-0.1, -0.05) is 18.2 Å². The van der Waals surface area contributed by atoms with Crippen molar-refractivity contribution in [3.8, 4) is 5.75 Å². The van der Waals surface area contributed by atoms with Gasteiger partial charge in [0.1, 0.15) is 12.4 Å². The molecule has 102 valence electrons. The predicted octanol–water partition coefficient (Wildman–Crippen LogP) is 1.36. The molecule has 1 aromatic carbocycles. The van der Waals surface area contributed by atoms with E-state index in [2.05, 4.69) is 16.3 Å². The van der Waals surface area contributed by atoms with Gasteiger partial charge in [-0.2, -0.15) is 0 Å². The standard InChI is InChI=1S/C14H24N2O2/c1-15-12-13-6-4-5-7-14(13)18-11-10-17-9-8-16(2)3/h4-7,15H,8-12H2,1-3H3. The molecule has 0 saturated carbocycles. The second-order valence-corrected chi connectivity index (χ2v) is 4.40. The van der Waals surface area contributed by atoms with E-state index in [0.29, 0.717) is 13.2 Å². The predicted molar refractivity (Wildman–Crippen MR) is 74.1 cm³/mol. The zero-order chi connectivity index (χ0) is 13.2. The van der Waals surface area contributed by atoms with Crippen molar-refractivity contribution in [3.63, 3.8) is 0 Å². The van der Waals surface area contributed by atoms with E-state index in [0.717, 1.165) is 25.4 Å². The molecular weight excluding hydrogens is 228 g/mol. The summed E-state index contributed by atoms with van der Waals surface area (Å²) in [5, 5.41) is 3.13. The molecule has 18 heavy (non-hydrogen) atoms. The molecule has 0 radical (unpaired) electrons. The van der Waals surface area contributed by atoms with E-state index in [-0.39, 0.29) is 0 Å². The minimum atomic E-state index is 0.591. The number of benzene rings is 1. The molecule has 0 saturated heterocycles. The maximum Gasteiger partial charge on any atom is 0.123 e. The number of hydrogen-bond donors (Lipinski definition) is 1. The molecule has 0 amide bonds. The van der Waals surface area contributed by atoms with E-state index in [1.54, 1.807) is 0 Å². The third kappa shape index (κ3) is 6.00. The molecule has 0 aromatic heterocycles. The Hall–Kier alpha value is -1.10. The van der Waals surface area contributed by atoms with Gasteiger partial charge in [-0.05, 0) is 27.2 Å². The number of nitrogens with one attached hydrogen (secondary N) is 1. The van der Waals surface area contributed by atoms with Crippen LogP contribution >= 0.6 is 0 Å². The minimum absolute atomic E-state index is 0.591. The summed E-state index contributed by atoms with van der Waals surface area (Å²) in [6.07, 6.45) is 0. The Morgan fingerprint density at radius 1 is 1.11 bits per heavy atom. The van der Waals surface area contributed by atoms with Crippen LogP contribution in [0.25, 0.3) is 0 Å². The van der Waals surface area contributed by atoms with Crippen molar-refractivity contribution in [1.29, 1.82) is 0 Å². The maximum absolute atomic E-state index is 5.72. The molecule has 0 fully saturated rings. The first-order valence-corrected chi connectivity index (χ1v) is 6.32. The SMILES string of the molecule is CNCc1ccccc1OCCOCCN(C)C. The van der Waals surface area contributed by atoms with Gasteiger partial charge in [0.2, 0.25) is 0 Å². The van der Waals surface area contributed by atoms with E-state index >= 15 is 0 Å². The summed E-state index contributed by atoms with van der Waals surface area (Å²) >= 11 is 0. The van der Waals surface area contributed by atoms with Gasteiger partial charge in [-0.25, -0.2) is 0 Å². The molecule has 0 unspecified atom stereocenters. The van der Waals surface area contributed by atoms with E-state index in [1.807, 2.05) is 39.3 Å². The Bertz CT molecular complexity index is 329. The first-order chi connectivity index (χ1) is 8.74. The van der Waals surface area contributed by atoms with Gasteiger partial charge in [0.25, 0.3) is 0 Å². The van der Waals surface area contributed by atoms with E-state index in [1.165, 1.54) is 5.56 Å². The second kappa shape index (κ2) is 8.91. The normalized spacial score (nSPS) is 10.9. The van der Waals surface area contributed by atoms with Crippen LogP contribution in [0.1, 0.15) is 5.56 Å². The van der Waals surface area contributed by atoms with Crippen LogP contribution in [0, 0.1) is 0 Å². The largest absolute Gasteiger partial charge is 0.491 e. The molecule has 1 rings (SSSR count). The van der Waals surface area contributed by atoms with Crippen LogP contribution in [0.4, 0.5) is 0 Å². The lowest BCUT2D eigenvalue weighted by atomic mass is 10.2. The van der Waals surface area contributed by atoms with Crippen molar-refractivity contribution < 1.29 is 9.47 Å². The van der Waals surface area contributed by atoms with Gasteiger partial charge in [0, 0.05) is 18.7 Å². The summed E-state index contributed by atoms with van der Waals surface area (Å²) in [5.74, 6) is 0.933. The monoisotopic (exact) mass is 252 g/mol. The van der Waals surface area contributed by atoms with Crippen molar-refractivity contribution >= 4 is 0 Å². The summed E-state index contributed by atoms with van der Waals surface area (Å²) in [5.41, 5.74) is 1.17. The summed E-state index contributed by atoms with van der Waals surface area (Å²) in [7, 11) is 6.00. The highest BCUT2D eigenvalue weighted by molar-refractivity contribution is 5.33. The average Bonchev–Trinajstić information content (AvgIpc) is 2.35. The lowest BCUT2D eigenvalue weighted by Crippen LogP contribution is -2.19. The summed E-state index contributed by atoms with van der Waals surface area (Å²) in [4.78, 5) is 2.10. The van der Waals surface area contributed by atoms with E-state index in [4.69, 9.17) is 9.47 Å². The fourth-order valence-corrected chi connectivity index (χ4v) is 1.54. The number of rotatable bonds is 9. The average molecular weight is 252 g/mol. The molecule has 4 nitrogen and oxygen atoms in total. The lowest BCUT2D eigenvalue weighted by Gasteiger charge is -2.12. The molecule has 0 aliphatic carbocycles. The lowest BCUT2D eigenvalue weighted by molar-refractivity contribution is 0.0887. The first-order valence-electron chi connectivity index (χ1n) is 6.32. The first kappa shape index (κ1) is 15.0. The molecule has 0 aliphatic heterocycles. The Balaban J connectivity index is 2.22. The molecule has 0 spiro atoms. The van der Waals surface area contributed by atoms with Crippen molar-refractivity contribution in [1.82, 2.24) is 10.2 Å². The number of ether oxygens (including phenoxy) is 2. The third-order valence-electron chi connectivity index (χ3n) is 2.51. The Morgan fingerprint density at radius 3 is 2.61 bits per heavy atom. The highest BCUT2D eigenvalue weighted by atomic mass is 16.5. The van der Waals surface area contributed by atoms with Crippen LogP contribution in [0.3, 0.4) is 0 Å². The van der Waals surface area contributed by atoms with Crippen LogP contribution in [-0.2, 0) is 11.3 Å². The number of para-hydroxylation sites is 1. The van der Waals surface area contributed by atoms with Gasteiger partial charge in [-0.15, -0.1) is 0 Å². The second-order valence-electron chi connectivity index (χ2n) is 4.40. The van der Waals surface area contributed by atoms with Gasteiger partial charge in [-0.3, -0.25) is 0 Å². The van der Waals surface area contributed by atoms with Crippen LogP contribution in [-0.4, -0.2) is 52.4 Å². The minimum Gasteiger partial charge on any atom is -0.491 e. The molecule has 0 aliphatic rings. The van der Waals surface area contributed by atoms with Crippen LogP contribution < -0.4 is 10.1 Å². The maximum atomic E-state index is 5.72. The summed E-state index contributed by atoms with van der Waals surface area (Å²) in [6, 6.07) is 8.07. The van der Waals surface area contributed by atoms with Gasteiger partial charge in [0.15, 0.2) is 0 Å². The Morgan fingerprint density at radius 2 is 1.89 bits per heavy atom. The molecular formula is C14H24N2O2. The van der Waals surface area contributed by atoms with Crippen LogP contribution in [0.15, 0.2) is 24.3 Å². The van der Waals surface area contributed by atoms with E-state index < -0.39 is 0 Å². The highest BCUT2D eigenvalue weighted by Gasteiger charge is 2.01. The van der Waals surface area contributed by atoms with Crippen LogP contribution in [0.5, 0.6) is 5.75 Å². The smallest absolute Gasteiger partial charge is 0.123 e. The fraction of sp³-hybridized carbons (Fsp3) is 0.571. The molecule has 0 atom stereocenters. The Labute approximate surface area is 110 Å². The van der Waals surface area contributed by atoms with Gasteiger partial charge in [0.05, 0.1) is 13.2 Å². The topological polar surface area (TPSA) is 33.7 Å². The zero-order valence-electron chi connectivity index (χ0n) is 11.6. The van der Waals surface area contributed by atoms with Crippen molar-refractivity contribution in [3.05, 3.63) is 29.8 Å².